The predicted molar refractivity (Wildman–Crippen MR) is 81.0 cm³/mol. The van der Waals surface area contributed by atoms with Gasteiger partial charge in [0.15, 0.2) is 0 Å². The number of halogens is 6. The molecule has 17 heteroatoms. The number of sulfonamides is 1. The standard InChI is InChI=1S/C12H15F6NO8S2/c1-9(4-2-3-5-9)27-8(21)6-7(20)19-28(22,23)11(15,16)10(13,14)12(17,18)29(24,25)26/h2-6H2,1H3,(H,19,20)(H,24,25,26). The topological polar surface area (TPSA) is 144 Å². The van der Waals surface area contributed by atoms with Crippen molar-refractivity contribution >= 4 is 32.0 Å². The first kappa shape index (κ1) is 25.4. The van der Waals surface area contributed by atoms with E-state index in [9.17, 15) is 52.8 Å². The maximum Gasteiger partial charge on any atom is 0.439 e. The Bertz CT molecular complexity index is 880. The highest BCUT2D eigenvalue weighted by Gasteiger charge is 2.82. The first-order valence-electron chi connectivity index (χ1n) is 7.58. The molecule has 0 aliphatic heterocycles. The lowest BCUT2D eigenvalue weighted by molar-refractivity contribution is -0.245. The Morgan fingerprint density at radius 1 is 1.00 bits per heavy atom. The summed E-state index contributed by atoms with van der Waals surface area (Å²) in [5.74, 6) is -10.7. The van der Waals surface area contributed by atoms with E-state index in [1.807, 2.05) is 0 Å². The fourth-order valence-electron chi connectivity index (χ4n) is 2.42. The molecule has 1 rings (SSSR count). The lowest BCUT2D eigenvalue weighted by Gasteiger charge is -2.30. The summed E-state index contributed by atoms with van der Waals surface area (Å²) in [6, 6.07) is 0. The molecule has 0 aromatic heterocycles. The van der Waals surface area contributed by atoms with E-state index < -0.39 is 60.5 Å². The normalized spacial score (nSPS) is 18.3. The molecule has 0 bridgehead atoms. The smallest absolute Gasteiger partial charge is 0.439 e. The number of alkyl halides is 6. The van der Waals surface area contributed by atoms with Crippen molar-refractivity contribution in [1.82, 2.24) is 4.72 Å². The average molecular weight is 479 g/mol. The van der Waals surface area contributed by atoms with Crippen LogP contribution < -0.4 is 4.72 Å². The molecule has 0 aromatic carbocycles. The van der Waals surface area contributed by atoms with E-state index in [2.05, 4.69) is 0 Å². The highest BCUT2D eigenvalue weighted by Crippen LogP contribution is 2.50. The van der Waals surface area contributed by atoms with Gasteiger partial charge in [-0.3, -0.25) is 14.1 Å². The van der Waals surface area contributed by atoms with Crippen molar-refractivity contribution in [3.05, 3.63) is 0 Å². The minimum absolute atomic E-state index is 0.287. The molecule has 0 saturated heterocycles. The molecule has 29 heavy (non-hydrogen) atoms. The summed E-state index contributed by atoms with van der Waals surface area (Å²) in [6.45, 7) is 1.47. The molecule has 0 atom stereocenters. The number of ether oxygens (including phenoxy) is 1. The van der Waals surface area contributed by atoms with Crippen LogP contribution in [0.4, 0.5) is 26.3 Å². The van der Waals surface area contributed by atoms with E-state index in [1.54, 1.807) is 0 Å². The van der Waals surface area contributed by atoms with Crippen LogP contribution >= 0.6 is 0 Å². The summed E-state index contributed by atoms with van der Waals surface area (Å²) in [4.78, 5) is 23.0. The number of hydrogen-bond donors (Lipinski definition) is 2. The average Bonchev–Trinajstić information content (AvgIpc) is 2.90. The summed E-state index contributed by atoms with van der Waals surface area (Å²) in [5.41, 5.74) is -1.01. The Kier molecular flexibility index (Phi) is 6.63. The zero-order valence-electron chi connectivity index (χ0n) is 14.4. The van der Waals surface area contributed by atoms with Gasteiger partial charge in [0.2, 0.25) is 5.91 Å². The van der Waals surface area contributed by atoms with E-state index >= 15 is 0 Å². The molecule has 1 saturated carbocycles. The summed E-state index contributed by atoms with van der Waals surface area (Å²) in [5, 5.41) is -13.8. The van der Waals surface area contributed by atoms with Crippen LogP contribution in [0, 0.1) is 0 Å². The molecule has 1 amide bonds. The number of nitrogens with one attached hydrogen (secondary N) is 1. The fourth-order valence-corrected chi connectivity index (χ4v) is 3.90. The van der Waals surface area contributed by atoms with Gasteiger partial charge in [-0.1, -0.05) is 0 Å². The SMILES string of the molecule is CC1(OC(=O)CC(=O)NS(=O)(=O)C(F)(F)C(F)(F)C(F)(F)S(=O)(=O)O)CCCC1. The van der Waals surface area contributed by atoms with Gasteiger partial charge in [-0.2, -0.15) is 43.2 Å². The van der Waals surface area contributed by atoms with Gasteiger partial charge in [0.05, 0.1) is 0 Å². The zero-order valence-corrected chi connectivity index (χ0v) is 16.1. The molecule has 1 aliphatic rings. The molecular weight excluding hydrogens is 464 g/mol. The number of hydrogen-bond acceptors (Lipinski definition) is 7. The van der Waals surface area contributed by atoms with E-state index in [-0.39, 0.29) is 4.72 Å². The van der Waals surface area contributed by atoms with Crippen LogP contribution in [0.15, 0.2) is 0 Å². The van der Waals surface area contributed by atoms with Crippen LogP contribution in [-0.4, -0.2) is 55.3 Å². The Morgan fingerprint density at radius 2 is 1.45 bits per heavy atom. The highest BCUT2D eigenvalue weighted by atomic mass is 32.2. The third-order valence-corrected chi connectivity index (χ3v) is 6.30. The summed E-state index contributed by atoms with van der Waals surface area (Å²) in [6.07, 6.45) is 0.549. The van der Waals surface area contributed by atoms with Gasteiger partial charge in [-0.15, -0.1) is 0 Å². The maximum atomic E-state index is 13.6. The highest BCUT2D eigenvalue weighted by molar-refractivity contribution is 7.91. The van der Waals surface area contributed by atoms with Gasteiger partial charge in [0, 0.05) is 0 Å². The minimum Gasteiger partial charge on any atom is -0.459 e. The van der Waals surface area contributed by atoms with Crippen molar-refractivity contribution in [2.75, 3.05) is 0 Å². The fraction of sp³-hybridized carbons (Fsp3) is 0.833. The van der Waals surface area contributed by atoms with Crippen molar-refractivity contribution in [3.63, 3.8) is 0 Å². The van der Waals surface area contributed by atoms with Gasteiger partial charge < -0.3 is 4.74 Å². The molecular formula is C12H15F6NO8S2. The van der Waals surface area contributed by atoms with Crippen LogP contribution in [0.1, 0.15) is 39.0 Å². The van der Waals surface area contributed by atoms with E-state index in [1.165, 1.54) is 6.92 Å². The van der Waals surface area contributed by atoms with Gasteiger partial charge in [-0.05, 0) is 32.6 Å². The Balaban J connectivity index is 2.99. The van der Waals surface area contributed by atoms with Gasteiger partial charge >= 0.3 is 42.5 Å². The maximum absolute atomic E-state index is 13.6. The molecule has 0 heterocycles. The molecule has 170 valence electrons. The second-order valence-corrected chi connectivity index (χ2v) is 9.61. The number of carbonyl (C=O) groups excluding carboxylic acids is 2. The Hall–Kier alpha value is -1.62. The van der Waals surface area contributed by atoms with Crippen molar-refractivity contribution < 1.29 is 62.1 Å². The minimum atomic E-state index is -7.20. The quantitative estimate of drug-likeness (QED) is 0.230. The molecule has 0 spiro atoms. The molecule has 1 aliphatic carbocycles. The molecule has 0 aromatic rings. The zero-order chi connectivity index (χ0) is 23.1. The third-order valence-electron chi connectivity index (χ3n) is 3.97. The summed E-state index contributed by atoms with van der Waals surface area (Å²) >= 11 is 0. The van der Waals surface area contributed by atoms with Crippen LogP contribution in [0.3, 0.4) is 0 Å². The predicted octanol–water partition coefficient (Wildman–Crippen LogP) is 1.41. The van der Waals surface area contributed by atoms with E-state index in [4.69, 9.17) is 9.29 Å². The second-order valence-electron chi connectivity index (χ2n) is 6.42. The number of amides is 1. The van der Waals surface area contributed by atoms with Crippen LogP contribution in [-0.2, 0) is 34.5 Å². The Morgan fingerprint density at radius 3 is 1.86 bits per heavy atom. The molecule has 0 unspecified atom stereocenters. The summed E-state index contributed by atoms with van der Waals surface area (Å²) in [7, 11) is -14.2. The van der Waals surface area contributed by atoms with Crippen molar-refractivity contribution in [2.24, 2.45) is 0 Å². The number of rotatable bonds is 8. The largest absolute Gasteiger partial charge is 0.459 e. The van der Waals surface area contributed by atoms with Gasteiger partial charge in [0.1, 0.15) is 12.0 Å². The molecule has 9 nitrogen and oxygen atoms in total. The van der Waals surface area contributed by atoms with Crippen LogP contribution in [0.25, 0.3) is 0 Å². The lowest BCUT2D eigenvalue weighted by Crippen LogP contribution is -2.63. The van der Waals surface area contributed by atoms with Crippen LogP contribution in [0.5, 0.6) is 0 Å². The first-order valence-corrected chi connectivity index (χ1v) is 10.5. The van der Waals surface area contributed by atoms with Gasteiger partial charge in [0.25, 0.3) is 0 Å². The third kappa shape index (κ3) is 4.76. The van der Waals surface area contributed by atoms with Gasteiger partial charge in [-0.25, -0.2) is 4.72 Å². The van der Waals surface area contributed by atoms with E-state index in [0.717, 1.165) is 0 Å². The molecule has 2 N–H and O–H groups in total. The summed E-state index contributed by atoms with van der Waals surface area (Å²) < 4.78 is 136. The number of esters is 1. The molecule has 0 radical (unpaired) electrons. The van der Waals surface area contributed by atoms with Crippen LogP contribution in [0.2, 0.25) is 0 Å². The molecule has 1 fully saturated rings. The van der Waals surface area contributed by atoms with Crippen molar-refractivity contribution in [3.8, 4) is 0 Å². The van der Waals surface area contributed by atoms with Crippen molar-refractivity contribution in [2.45, 2.75) is 61.1 Å². The second kappa shape index (κ2) is 7.57. The lowest BCUT2D eigenvalue weighted by atomic mass is 10.1. The Labute approximate surface area is 160 Å². The first-order chi connectivity index (χ1) is 12.7. The van der Waals surface area contributed by atoms with Crippen molar-refractivity contribution in [1.29, 1.82) is 0 Å². The monoisotopic (exact) mass is 479 g/mol. The van der Waals surface area contributed by atoms with E-state index in [0.29, 0.717) is 25.7 Å². The number of carbonyl (C=O) groups is 2.